The van der Waals surface area contributed by atoms with Crippen molar-refractivity contribution in [2.24, 2.45) is 0 Å². The standard InChI is InChI=1S/C19H19BrN2O3/c1-25-17-10-8-16(9-11-17)22(13-21-12-2-3-18(21)23)19(24)14-4-6-15(20)7-5-14/h4-11H,2-3,12-13H2,1H3. The summed E-state index contributed by atoms with van der Waals surface area (Å²) in [5.74, 6) is 0.663. The van der Waals surface area contributed by atoms with Crippen LogP contribution in [0.3, 0.4) is 0 Å². The summed E-state index contributed by atoms with van der Waals surface area (Å²) in [6.07, 6.45) is 1.38. The molecule has 2 aromatic rings. The molecule has 5 nitrogen and oxygen atoms in total. The Labute approximate surface area is 155 Å². The number of carbonyl (C=O) groups is 2. The molecule has 0 bridgehead atoms. The van der Waals surface area contributed by atoms with Gasteiger partial charge in [-0.15, -0.1) is 0 Å². The summed E-state index contributed by atoms with van der Waals surface area (Å²) in [5.41, 5.74) is 1.30. The van der Waals surface area contributed by atoms with Gasteiger partial charge in [0.2, 0.25) is 5.91 Å². The molecule has 1 heterocycles. The maximum absolute atomic E-state index is 13.0. The molecule has 1 fully saturated rings. The van der Waals surface area contributed by atoms with Crippen molar-refractivity contribution >= 4 is 33.4 Å². The van der Waals surface area contributed by atoms with Gasteiger partial charge in [0.05, 0.1) is 7.11 Å². The largest absolute Gasteiger partial charge is 0.497 e. The minimum absolute atomic E-state index is 0.0853. The van der Waals surface area contributed by atoms with Crippen LogP contribution in [0.25, 0.3) is 0 Å². The number of benzene rings is 2. The van der Waals surface area contributed by atoms with Gasteiger partial charge in [-0.1, -0.05) is 15.9 Å². The zero-order chi connectivity index (χ0) is 17.8. The molecule has 0 N–H and O–H groups in total. The molecule has 0 radical (unpaired) electrons. The maximum Gasteiger partial charge on any atom is 0.259 e. The van der Waals surface area contributed by atoms with E-state index in [0.29, 0.717) is 18.5 Å². The molecule has 0 spiro atoms. The van der Waals surface area contributed by atoms with Crippen LogP contribution < -0.4 is 9.64 Å². The zero-order valence-corrected chi connectivity index (χ0v) is 15.5. The van der Waals surface area contributed by atoms with Crippen LogP contribution in [0.5, 0.6) is 5.75 Å². The van der Waals surface area contributed by atoms with E-state index in [1.54, 1.807) is 29.0 Å². The fourth-order valence-electron chi connectivity index (χ4n) is 2.80. The summed E-state index contributed by atoms with van der Waals surface area (Å²) in [7, 11) is 1.60. The number of rotatable bonds is 5. The SMILES string of the molecule is COc1ccc(N(CN2CCCC2=O)C(=O)c2ccc(Br)cc2)cc1. The van der Waals surface area contributed by atoms with Gasteiger partial charge in [-0.25, -0.2) is 0 Å². The van der Waals surface area contributed by atoms with Gasteiger partial charge in [-0.3, -0.25) is 14.5 Å². The number of hydrogen-bond acceptors (Lipinski definition) is 3. The van der Waals surface area contributed by atoms with Gasteiger partial charge >= 0.3 is 0 Å². The molecule has 0 aromatic heterocycles. The lowest BCUT2D eigenvalue weighted by Crippen LogP contribution is -2.42. The number of carbonyl (C=O) groups excluding carboxylic acids is 2. The summed E-state index contributed by atoms with van der Waals surface area (Å²) in [5, 5.41) is 0. The Balaban J connectivity index is 1.90. The van der Waals surface area contributed by atoms with Crippen molar-refractivity contribution in [1.82, 2.24) is 4.90 Å². The van der Waals surface area contributed by atoms with Crippen LogP contribution in [0.1, 0.15) is 23.2 Å². The predicted octanol–water partition coefficient (Wildman–Crippen LogP) is 3.68. The van der Waals surface area contributed by atoms with Crippen molar-refractivity contribution in [2.45, 2.75) is 12.8 Å². The van der Waals surface area contributed by atoms with Crippen molar-refractivity contribution < 1.29 is 14.3 Å². The molecule has 0 unspecified atom stereocenters. The van der Waals surface area contributed by atoms with Crippen LogP contribution in [0, 0.1) is 0 Å². The van der Waals surface area contributed by atoms with E-state index in [1.807, 2.05) is 36.4 Å². The van der Waals surface area contributed by atoms with Gasteiger partial charge in [-0.2, -0.15) is 0 Å². The van der Waals surface area contributed by atoms with E-state index in [1.165, 1.54) is 0 Å². The van der Waals surface area contributed by atoms with E-state index in [0.717, 1.165) is 22.3 Å². The number of nitrogens with zero attached hydrogens (tertiary/aromatic N) is 2. The van der Waals surface area contributed by atoms with Crippen LogP contribution in [0.2, 0.25) is 0 Å². The van der Waals surface area contributed by atoms with Crippen molar-refractivity contribution in [1.29, 1.82) is 0 Å². The zero-order valence-electron chi connectivity index (χ0n) is 13.9. The van der Waals surface area contributed by atoms with Crippen LogP contribution >= 0.6 is 15.9 Å². The highest BCUT2D eigenvalue weighted by Crippen LogP contribution is 2.23. The molecule has 6 heteroatoms. The van der Waals surface area contributed by atoms with E-state index in [9.17, 15) is 9.59 Å². The first-order valence-electron chi connectivity index (χ1n) is 8.08. The first-order chi connectivity index (χ1) is 12.1. The summed E-state index contributed by atoms with van der Waals surface area (Å²) in [6.45, 7) is 0.930. The third kappa shape index (κ3) is 4.02. The average Bonchev–Trinajstić information content (AvgIpc) is 3.04. The van der Waals surface area contributed by atoms with E-state index >= 15 is 0 Å². The van der Waals surface area contributed by atoms with Crippen LogP contribution in [0.4, 0.5) is 5.69 Å². The number of ether oxygens (including phenoxy) is 1. The first-order valence-corrected chi connectivity index (χ1v) is 8.87. The van der Waals surface area contributed by atoms with Gasteiger partial charge < -0.3 is 9.64 Å². The first kappa shape index (κ1) is 17.5. The highest BCUT2D eigenvalue weighted by Gasteiger charge is 2.26. The van der Waals surface area contributed by atoms with E-state index in [4.69, 9.17) is 4.74 Å². The fourth-order valence-corrected chi connectivity index (χ4v) is 3.06. The van der Waals surface area contributed by atoms with Crippen molar-refractivity contribution in [2.75, 3.05) is 25.2 Å². The second-order valence-electron chi connectivity index (χ2n) is 5.84. The molecule has 2 amide bonds. The van der Waals surface area contributed by atoms with E-state index in [2.05, 4.69) is 15.9 Å². The highest BCUT2D eigenvalue weighted by molar-refractivity contribution is 9.10. The quantitative estimate of drug-likeness (QED) is 0.766. The Hall–Kier alpha value is -2.34. The molecule has 1 aliphatic heterocycles. The number of likely N-dealkylation sites (tertiary alicyclic amines) is 1. The highest BCUT2D eigenvalue weighted by atomic mass is 79.9. The molecule has 0 aliphatic carbocycles. The van der Waals surface area contributed by atoms with E-state index in [-0.39, 0.29) is 18.5 Å². The Kier molecular flexibility index (Phi) is 5.38. The Morgan fingerprint density at radius 2 is 1.84 bits per heavy atom. The second kappa shape index (κ2) is 7.70. The number of hydrogen-bond donors (Lipinski definition) is 0. The number of halogens is 1. The summed E-state index contributed by atoms with van der Waals surface area (Å²) in [4.78, 5) is 28.4. The normalized spacial score (nSPS) is 13.8. The Morgan fingerprint density at radius 3 is 2.40 bits per heavy atom. The Morgan fingerprint density at radius 1 is 1.16 bits per heavy atom. The molecule has 1 saturated heterocycles. The minimum Gasteiger partial charge on any atom is -0.497 e. The van der Waals surface area contributed by atoms with Gasteiger partial charge in [0.1, 0.15) is 12.4 Å². The van der Waals surface area contributed by atoms with Crippen molar-refractivity contribution in [3.05, 3.63) is 58.6 Å². The number of methoxy groups -OCH3 is 1. The Bertz CT molecular complexity index is 759. The fraction of sp³-hybridized carbons (Fsp3) is 0.263. The monoisotopic (exact) mass is 402 g/mol. The van der Waals surface area contributed by atoms with Gasteiger partial charge in [0, 0.05) is 28.7 Å². The van der Waals surface area contributed by atoms with E-state index < -0.39 is 0 Å². The molecular formula is C19H19BrN2O3. The average molecular weight is 403 g/mol. The summed E-state index contributed by atoms with van der Waals surface area (Å²) >= 11 is 3.38. The topological polar surface area (TPSA) is 49.9 Å². The predicted molar refractivity (Wildman–Crippen MR) is 99.8 cm³/mol. The van der Waals surface area contributed by atoms with Crippen LogP contribution in [-0.2, 0) is 4.79 Å². The molecule has 130 valence electrons. The van der Waals surface area contributed by atoms with Gasteiger partial charge in [0.15, 0.2) is 0 Å². The third-order valence-corrected chi connectivity index (χ3v) is 4.73. The molecular weight excluding hydrogens is 384 g/mol. The minimum atomic E-state index is -0.141. The third-order valence-electron chi connectivity index (χ3n) is 4.20. The number of amides is 2. The smallest absolute Gasteiger partial charge is 0.259 e. The van der Waals surface area contributed by atoms with Gasteiger partial charge in [0.25, 0.3) is 5.91 Å². The second-order valence-corrected chi connectivity index (χ2v) is 6.76. The maximum atomic E-state index is 13.0. The lowest BCUT2D eigenvalue weighted by molar-refractivity contribution is -0.127. The van der Waals surface area contributed by atoms with Crippen molar-refractivity contribution in [3.8, 4) is 5.75 Å². The van der Waals surface area contributed by atoms with Crippen LogP contribution in [-0.4, -0.2) is 37.0 Å². The molecule has 3 rings (SSSR count). The lowest BCUT2D eigenvalue weighted by atomic mass is 10.2. The molecule has 25 heavy (non-hydrogen) atoms. The number of anilines is 1. The van der Waals surface area contributed by atoms with Gasteiger partial charge in [-0.05, 0) is 55.0 Å². The summed E-state index contributed by atoms with van der Waals surface area (Å²) in [6, 6.07) is 14.5. The van der Waals surface area contributed by atoms with Crippen LogP contribution in [0.15, 0.2) is 53.0 Å². The summed E-state index contributed by atoms with van der Waals surface area (Å²) < 4.78 is 6.10. The molecule has 0 saturated carbocycles. The molecule has 1 aliphatic rings. The molecule has 0 atom stereocenters. The lowest BCUT2D eigenvalue weighted by Gasteiger charge is -2.28. The van der Waals surface area contributed by atoms with Crippen molar-refractivity contribution in [3.63, 3.8) is 0 Å². The molecule has 2 aromatic carbocycles.